The summed E-state index contributed by atoms with van der Waals surface area (Å²) in [6.07, 6.45) is -0.0754. The second kappa shape index (κ2) is 5.32. The quantitative estimate of drug-likeness (QED) is 0.732. The Kier molecular flexibility index (Phi) is 4.33. The molecule has 3 heteroatoms. The summed E-state index contributed by atoms with van der Waals surface area (Å²) in [4.78, 5) is 2.02. The zero-order valence-corrected chi connectivity index (χ0v) is 11.0. The summed E-state index contributed by atoms with van der Waals surface area (Å²) in [6.45, 7) is 4.13. The topological polar surface area (TPSA) is 21.7 Å². The van der Waals surface area contributed by atoms with Crippen LogP contribution in [-0.4, -0.2) is 33.2 Å². The Labute approximate surface area is 98.0 Å². The van der Waals surface area contributed by atoms with Gasteiger partial charge in [0.1, 0.15) is 12.0 Å². The third kappa shape index (κ3) is 2.54. The lowest BCUT2D eigenvalue weighted by atomic mass is 10.0. The molecule has 0 N–H and O–H groups in total. The Hall–Kier alpha value is -1.06. The molecule has 0 saturated heterocycles. The number of rotatable bonds is 4. The second-order valence-corrected chi connectivity index (χ2v) is 4.26. The van der Waals surface area contributed by atoms with Crippen LogP contribution in [0.4, 0.5) is 0 Å². The van der Waals surface area contributed by atoms with Crippen molar-refractivity contribution in [3.63, 3.8) is 0 Å². The van der Waals surface area contributed by atoms with Crippen LogP contribution in [0.2, 0.25) is 0 Å². The van der Waals surface area contributed by atoms with Gasteiger partial charge in [-0.05, 0) is 39.6 Å². The maximum absolute atomic E-state index is 5.50. The predicted molar refractivity (Wildman–Crippen MR) is 65.9 cm³/mol. The molecule has 0 radical (unpaired) electrons. The maximum Gasteiger partial charge on any atom is 0.139 e. The van der Waals surface area contributed by atoms with Gasteiger partial charge in [0.2, 0.25) is 0 Å². The summed E-state index contributed by atoms with van der Waals surface area (Å²) in [5.74, 6) is 0.908. The van der Waals surface area contributed by atoms with Gasteiger partial charge in [-0.1, -0.05) is 11.6 Å². The molecule has 0 aliphatic carbocycles. The highest BCUT2D eigenvalue weighted by Gasteiger charge is 2.19. The minimum absolute atomic E-state index is 0.0754. The van der Waals surface area contributed by atoms with E-state index < -0.39 is 0 Å². The number of hydrogen-bond donors (Lipinski definition) is 0. The summed E-state index contributed by atoms with van der Waals surface area (Å²) in [5, 5.41) is 0. The molecule has 0 fully saturated rings. The highest BCUT2D eigenvalue weighted by atomic mass is 16.5. The van der Waals surface area contributed by atoms with Crippen LogP contribution < -0.4 is 4.74 Å². The Morgan fingerprint density at radius 1 is 1.12 bits per heavy atom. The monoisotopic (exact) mass is 223 g/mol. The molecule has 0 aromatic heterocycles. The van der Waals surface area contributed by atoms with Crippen LogP contribution in [0, 0.1) is 13.8 Å². The molecule has 16 heavy (non-hydrogen) atoms. The first-order valence-electron chi connectivity index (χ1n) is 5.35. The van der Waals surface area contributed by atoms with Crippen LogP contribution in [0.5, 0.6) is 5.75 Å². The molecule has 0 spiro atoms. The minimum Gasteiger partial charge on any atom is -0.496 e. The van der Waals surface area contributed by atoms with E-state index in [2.05, 4.69) is 26.0 Å². The molecule has 1 unspecified atom stereocenters. The highest BCUT2D eigenvalue weighted by Crippen LogP contribution is 2.32. The molecule has 0 aliphatic heterocycles. The first kappa shape index (κ1) is 13.0. The molecule has 1 aromatic carbocycles. The molecule has 3 nitrogen and oxygen atoms in total. The van der Waals surface area contributed by atoms with Crippen LogP contribution >= 0.6 is 0 Å². The van der Waals surface area contributed by atoms with Crippen LogP contribution in [0.25, 0.3) is 0 Å². The number of nitrogens with zero attached hydrogens (tertiary/aromatic N) is 1. The Bertz CT molecular complexity index is 361. The first-order chi connectivity index (χ1) is 7.51. The first-order valence-corrected chi connectivity index (χ1v) is 5.35. The van der Waals surface area contributed by atoms with Gasteiger partial charge >= 0.3 is 0 Å². The fourth-order valence-corrected chi connectivity index (χ4v) is 2.07. The molecule has 90 valence electrons. The standard InChI is InChI=1S/C13H21NO2/c1-9-7-10(2)12(15-5)11(8-9)13(16-6)14(3)4/h7-8,13H,1-6H3. The fourth-order valence-electron chi connectivity index (χ4n) is 2.07. The zero-order valence-electron chi connectivity index (χ0n) is 11.0. The van der Waals surface area contributed by atoms with Crippen molar-refractivity contribution >= 4 is 0 Å². The predicted octanol–water partition coefficient (Wildman–Crippen LogP) is 2.52. The smallest absolute Gasteiger partial charge is 0.139 e. The van der Waals surface area contributed by atoms with E-state index in [9.17, 15) is 0 Å². The van der Waals surface area contributed by atoms with Crippen molar-refractivity contribution < 1.29 is 9.47 Å². The van der Waals surface area contributed by atoms with Gasteiger partial charge in [-0.3, -0.25) is 4.90 Å². The van der Waals surface area contributed by atoms with Crippen molar-refractivity contribution in [3.05, 3.63) is 28.8 Å². The van der Waals surface area contributed by atoms with Crippen molar-refractivity contribution in [1.29, 1.82) is 0 Å². The van der Waals surface area contributed by atoms with Gasteiger partial charge in [0, 0.05) is 12.7 Å². The van der Waals surface area contributed by atoms with E-state index >= 15 is 0 Å². The average Bonchev–Trinajstić information content (AvgIpc) is 2.17. The van der Waals surface area contributed by atoms with Gasteiger partial charge < -0.3 is 9.47 Å². The van der Waals surface area contributed by atoms with E-state index in [1.165, 1.54) is 5.56 Å². The second-order valence-electron chi connectivity index (χ2n) is 4.26. The SMILES string of the molecule is COc1c(C)cc(C)cc1C(OC)N(C)C. The van der Waals surface area contributed by atoms with Gasteiger partial charge in [-0.25, -0.2) is 0 Å². The summed E-state index contributed by atoms with van der Waals surface area (Å²) in [5.41, 5.74) is 3.44. The Balaban J connectivity index is 3.29. The highest BCUT2D eigenvalue weighted by molar-refractivity contribution is 5.44. The number of benzene rings is 1. The van der Waals surface area contributed by atoms with E-state index in [1.807, 2.05) is 19.0 Å². The molecule has 1 rings (SSSR count). The van der Waals surface area contributed by atoms with E-state index in [0.717, 1.165) is 16.9 Å². The van der Waals surface area contributed by atoms with Gasteiger partial charge in [-0.15, -0.1) is 0 Å². The van der Waals surface area contributed by atoms with E-state index in [1.54, 1.807) is 14.2 Å². The average molecular weight is 223 g/mol. The van der Waals surface area contributed by atoms with Gasteiger partial charge in [-0.2, -0.15) is 0 Å². The maximum atomic E-state index is 5.50. The van der Waals surface area contributed by atoms with Crippen LogP contribution in [0.1, 0.15) is 22.9 Å². The molecular formula is C13H21NO2. The van der Waals surface area contributed by atoms with Crippen molar-refractivity contribution in [2.75, 3.05) is 28.3 Å². The lowest BCUT2D eigenvalue weighted by Gasteiger charge is -2.25. The van der Waals surface area contributed by atoms with Crippen LogP contribution in [-0.2, 0) is 4.74 Å². The molecule has 1 atom stereocenters. The zero-order chi connectivity index (χ0) is 12.3. The molecule has 0 bridgehead atoms. The van der Waals surface area contributed by atoms with Crippen molar-refractivity contribution in [2.45, 2.75) is 20.1 Å². The Morgan fingerprint density at radius 2 is 1.75 bits per heavy atom. The third-order valence-corrected chi connectivity index (χ3v) is 2.61. The number of aryl methyl sites for hydroxylation is 2. The van der Waals surface area contributed by atoms with E-state index in [4.69, 9.17) is 9.47 Å². The fraction of sp³-hybridized carbons (Fsp3) is 0.538. The van der Waals surface area contributed by atoms with Gasteiger partial charge in [0.05, 0.1) is 7.11 Å². The summed E-state index contributed by atoms with van der Waals surface area (Å²) < 4.78 is 11.0. The summed E-state index contributed by atoms with van der Waals surface area (Å²) in [7, 11) is 7.39. The molecule has 1 aromatic rings. The van der Waals surface area contributed by atoms with Crippen molar-refractivity contribution in [2.24, 2.45) is 0 Å². The molecule has 0 saturated carbocycles. The molecular weight excluding hydrogens is 202 g/mol. The van der Waals surface area contributed by atoms with Gasteiger partial charge in [0.15, 0.2) is 0 Å². The van der Waals surface area contributed by atoms with Crippen LogP contribution in [0.15, 0.2) is 12.1 Å². The van der Waals surface area contributed by atoms with E-state index in [0.29, 0.717) is 0 Å². The lowest BCUT2D eigenvalue weighted by molar-refractivity contribution is -0.00703. The Morgan fingerprint density at radius 3 is 2.19 bits per heavy atom. The molecule has 0 heterocycles. The number of methoxy groups -OCH3 is 2. The molecule has 0 aliphatic rings. The van der Waals surface area contributed by atoms with Crippen LogP contribution in [0.3, 0.4) is 0 Å². The largest absolute Gasteiger partial charge is 0.496 e. The molecule has 0 amide bonds. The number of ether oxygens (including phenoxy) is 2. The normalized spacial score (nSPS) is 12.9. The lowest BCUT2D eigenvalue weighted by Crippen LogP contribution is -2.22. The summed E-state index contributed by atoms with van der Waals surface area (Å²) in [6, 6.07) is 4.23. The van der Waals surface area contributed by atoms with Crippen molar-refractivity contribution in [1.82, 2.24) is 4.90 Å². The van der Waals surface area contributed by atoms with Gasteiger partial charge in [0.25, 0.3) is 0 Å². The summed E-state index contributed by atoms with van der Waals surface area (Å²) >= 11 is 0. The van der Waals surface area contributed by atoms with E-state index in [-0.39, 0.29) is 6.23 Å². The third-order valence-electron chi connectivity index (χ3n) is 2.61. The van der Waals surface area contributed by atoms with Crippen molar-refractivity contribution in [3.8, 4) is 5.75 Å². The minimum atomic E-state index is -0.0754. The number of hydrogen-bond acceptors (Lipinski definition) is 3.